The van der Waals surface area contributed by atoms with E-state index in [-0.39, 0.29) is 0 Å². The number of thiophene rings is 1. The Morgan fingerprint density at radius 3 is 3.05 bits per heavy atom. The van der Waals surface area contributed by atoms with Crippen molar-refractivity contribution in [3.8, 4) is 0 Å². The van der Waals surface area contributed by atoms with Gasteiger partial charge in [-0.15, -0.1) is 16.4 Å². The first kappa shape index (κ1) is 14.4. The van der Waals surface area contributed by atoms with Crippen molar-refractivity contribution < 1.29 is 4.74 Å². The van der Waals surface area contributed by atoms with E-state index in [1.54, 1.807) is 11.3 Å². The molecular formula is C13H16ClN3OS2. The number of ether oxygens (including phenoxy) is 1. The molecule has 0 spiro atoms. The van der Waals surface area contributed by atoms with Crippen LogP contribution < -0.4 is 0 Å². The Kier molecular flexibility index (Phi) is 5.01. The summed E-state index contributed by atoms with van der Waals surface area (Å²) in [7, 11) is 0. The molecule has 4 nitrogen and oxygen atoms in total. The average Bonchev–Trinajstić information content (AvgIpc) is 3.15. The van der Waals surface area contributed by atoms with Crippen LogP contribution in [-0.4, -0.2) is 33.7 Å². The predicted molar refractivity (Wildman–Crippen MR) is 82.3 cm³/mol. The highest BCUT2D eigenvalue weighted by molar-refractivity contribution is 7.10. The zero-order valence-electron chi connectivity index (χ0n) is 11.0. The van der Waals surface area contributed by atoms with E-state index in [1.807, 2.05) is 0 Å². The van der Waals surface area contributed by atoms with Gasteiger partial charge in [0.2, 0.25) is 0 Å². The van der Waals surface area contributed by atoms with E-state index in [9.17, 15) is 0 Å². The Bertz CT molecular complexity index is 525. The topological polar surface area (TPSA) is 38.2 Å². The Hall–Kier alpha value is -0.530. The van der Waals surface area contributed by atoms with Crippen molar-refractivity contribution in [1.82, 2.24) is 14.5 Å². The lowest BCUT2D eigenvalue weighted by Gasteiger charge is -2.23. The van der Waals surface area contributed by atoms with Crippen LogP contribution >= 0.6 is 34.5 Å². The number of rotatable bonds is 6. The van der Waals surface area contributed by atoms with Crippen molar-refractivity contribution in [2.24, 2.45) is 0 Å². The molecule has 1 aliphatic rings. The zero-order valence-corrected chi connectivity index (χ0v) is 13.4. The molecule has 0 saturated carbocycles. The van der Waals surface area contributed by atoms with Gasteiger partial charge in [0, 0.05) is 42.7 Å². The molecule has 1 aliphatic heterocycles. The molecule has 0 bridgehead atoms. The molecule has 1 atom stereocenters. The molecule has 1 saturated heterocycles. The molecule has 3 rings (SSSR count). The lowest BCUT2D eigenvalue weighted by molar-refractivity contribution is 0.0678. The van der Waals surface area contributed by atoms with Gasteiger partial charge in [0.15, 0.2) is 0 Å². The van der Waals surface area contributed by atoms with Crippen molar-refractivity contribution in [1.29, 1.82) is 0 Å². The van der Waals surface area contributed by atoms with E-state index >= 15 is 0 Å². The van der Waals surface area contributed by atoms with E-state index < -0.39 is 0 Å². The second-order valence-electron chi connectivity index (χ2n) is 4.88. The fraction of sp³-hybridized carbons (Fsp3) is 0.538. The second kappa shape index (κ2) is 6.95. The molecule has 2 aromatic heterocycles. The highest BCUT2D eigenvalue weighted by atomic mass is 35.5. The first-order valence-electron chi connectivity index (χ1n) is 6.64. The summed E-state index contributed by atoms with van der Waals surface area (Å²) >= 11 is 9.14. The molecule has 7 heteroatoms. The Balaban J connectivity index is 1.67. The van der Waals surface area contributed by atoms with Crippen molar-refractivity contribution in [2.75, 3.05) is 13.2 Å². The number of hydrogen-bond donors (Lipinski definition) is 0. The van der Waals surface area contributed by atoms with E-state index in [0.29, 0.717) is 10.4 Å². The largest absolute Gasteiger partial charge is 0.377 e. The SMILES string of the molecule is Clc1snnc1CN(Cc1cccs1)C[C@@H]1CCCO1. The molecular weight excluding hydrogens is 314 g/mol. The summed E-state index contributed by atoms with van der Waals surface area (Å²) in [6.07, 6.45) is 2.64. The third-order valence-corrected chi connectivity index (χ3v) is 5.17. The highest BCUT2D eigenvalue weighted by Gasteiger charge is 2.21. The van der Waals surface area contributed by atoms with Gasteiger partial charge in [-0.2, -0.15) is 0 Å². The normalized spacial score (nSPS) is 19.0. The standard InChI is InChI=1S/C13H16ClN3OS2/c14-13-12(15-16-20-13)9-17(7-10-3-1-5-18-10)8-11-4-2-6-19-11/h2,4,6,10H,1,3,5,7-9H2/t10-/m0/s1. The first-order chi connectivity index (χ1) is 9.81. The summed E-state index contributed by atoms with van der Waals surface area (Å²) in [5, 5.41) is 6.23. The van der Waals surface area contributed by atoms with E-state index in [0.717, 1.165) is 44.8 Å². The van der Waals surface area contributed by atoms with Gasteiger partial charge in [-0.05, 0) is 24.3 Å². The van der Waals surface area contributed by atoms with Crippen molar-refractivity contribution in [3.63, 3.8) is 0 Å². The summed E-state index contributed by atoms with van der Waals surface area (Å²) in [5.74, 6) is 0. The fourth-order valence-corrected chi connectivity index (χ4v) is 3.75. The summed E-state index contributed by atoms with van der Waals surface area (Å²) in [5.41, 5.74) is 0.867. The van der Waals surface area contributed by atoms with Crippen molar-refractivity contribution in [3.05, 3.63) is 32.4 Å². The van der Waals surface area contributed by atoms with Crippen molar-refractivity contribution in [2.45, 2.75) is 32.0 Å². The highest BCUT2D eigenvalue weighted by Crippen LogP contribution is 2.22. The molecule has 20 heavy (non-hydrogen) atoms. The number of aromatic nitrogens is 2. The number of halogens is 1. The molecule has 0 radical (unpaired) electrons. The maximum atomic E-state index is 6.12. The van der Waals surface area contributed by atoms with Crippen LogP contribution in [0, 0.1) is 0 Å². The van der Waals surface area contributed by atoms with Crippen LogP contribution in [0.1, 0.15) is 23.4 Å². The van der Waals surface area contributed by atoms with Gasteiger partial charge in [0.25, 0.3) is 0 Å². The van der Waals surface area contributed by atoms with Gasteiger partial charge in [-0.3, -0.25) is 4.90 Å². The summed E-state index contributed by atoms with van der Waals surface area (Å²) < 4.78 is 10.3. The Morgan fingerprint density at radius 1 is 1.45 bits per heavy atom. The van der Waals surface area contributed by atoms with Gasteiger partial charge in [0.05, 0.1) is 6.10 Å². The van der Waals surface area contributed by atoms with Crippen LogP contribution in [0.2, 0.25) is 4.34 Å². The molecule has 0 aliphatic carbocycles. The van der Waals surface area contributed by atoms with E-state index in [4.69, 9.17) is 16.3 Å². The van der Waals surface area contributed by atoms with Crippen LogP contribution in [0.15, 0.2) is 17.5 Å². The Morgan fingerprint density at radius 2 is 2.40 bits per heavy atom. The molecule has 1 fully saturated rings. The van der Waals surface area contributed by atoms with E-state index in [2.05, 4.69) is 32.0 Å². The smallest absolute Gasteiger partial charge is 0.138 e. The minimum Gasteiger partial charge on any atom is -0.377 e. The minimum absolute atomic E-state index is 0.334. The van der Waals surface area contributed by atoms with Crippen LogP contribution in [0.4, 0.5) is 0 Å². The van der Waals surface area contributed by atoms with Crippen LogP contribution in [0.3, 0.4) is 0 Å². The molecule has 0 N–H and O–H groups in total. The van der Waals surface area contributed by atoms with Crippen LogP contribution in [-0.2, 0) is 17.8 Å². The molecule has 2 aromatic rings. The summed E-state index contributed by atoms with van der Waals surface area (Å²) in [6, 6.07) is 4.25. The third kappa shape index (κ3) is 3.77. The quantitative estimate of drug-likeness (QED) is 0.813. The maximum Gasteiger partial charge on any atom is 0.138 e. The van der Waals surface area contributed by atoms with Gasteiger partial charge in [-0.25, -0.2) is 0 Å². The molecule has 0 amide bonds. The van der Waals surface area contributed by atoms with Gasteiger partial charge >= 0.3 is 0 Å². The lowest BCUT2D eigenvalue weighted by Crippen LogP contribution is -2.31. The monoisotopic (exact) mass is 329 g/mol. The van der Waals surface area contributed by atoms with Crippen LogP contribution in [0.5, 0.6) is 0 Å². The first-order valence-corrected chi connectivity index (χ1v) is 8.67. The zero-order chi connectivity index (χ0) is 13.8. The lowest BCUT2D eigenvalue weighted by atomic mass is 10.2. The van der Waals surface area contributed by atoms with Gasteiger partial charge < -0.3 is 4.74 Å². The fourth-order valence-electron chi connectivity index (χ4n) is 2.39. The third-order valence-electron chi connectivity index (χ3n) is 3.33. The van der Waals surface area contributed by atoms with E-state index in [1.165, 1.54) is 16.4 Å². The molecule has 0 unspecified atom stereocenters. The van der Waals surface area contributed by atoms with Gasteiger partial charge in [0.1, 0.15) is 10.0 Å². The Labute approximate surface area is 131 Å². The molecule has 108 valence electrons. The summed E-state index contributed by atoms with van der Waals surface area (Å²) in [6.45, 7) is 3.45. The average molecular weight is 330 g/mol. The van der Waals surface area contributed by atoms with Crippen LogP contribution in [0.25, 0.3) is 0 Å². The summed E-state index contributed by atoms with van der Waals surface area (Å²) in [4.78, 5) is 3.70. The number of hydrogen-bond acceptors (Lipinski definition) is 6. The second-order valence-corrected chi connectivity index (χ2v) is 7.27. The van der Waals surface area contributed by atoms with Crippen molar-refractivity contribution >= 4 is 34.5 Å². The number of nitrogens with zero attached hydrogens (tertiary/aromatic N) is 3. The molecule has 3 heterocycles. The minimum atomic E-state index is 0.334. The van der Waals surface area contributed by atoms with Gasteiger partial charge in [-0.1, -0.05) is 22.2 Å². The molecule has 0 aromatic carbocycles. The maximum absolute atomic E-state index is 6.12. The predicted octanol–water partition coefficient (Wildman–Crippen LogP) is 3.43.